The van der Waals surface area contributed by atoms with Crippen molar-refractivity contribution in [2.45, 2.75) is 39.3 Å². The van der Waals surface area contributed by atoms with Gasteiger partial charge in [0.05, 0.1) is 11.1 Å². The van der Waals surface area contributed by atoms with Crippen molar-refractivity contribution < 1.29 is 9.50 Å². The number of aliphatic hydroxyl groups excluding tert-OH is 1. The summed E-state index contributed by atoms with van der Waals surface area (Å²) in [6, 6.07) is 3.23. The van der Waals surface area contributed by atoms with E-state index in [1.165, 1.54) is 0 Å². The number of likely N-dealkylation sites (N-methyl/N-ethyl adjacent to an activating group) is 1. The molecule has 1 rings (SSSR count). The first-order chi connectivity index (χ1) is 8.77. The Morgan fingerprint density at radius 3 is 2.37 bits per heavy atom. The lowest BCUT2D eigenvalue weighted by Gasteiger charge is -2.41. The second kappa shape index (κ2) is 6.53. The zero-order chi connectivity index (χ0) is 14.8. The van der Waals surface area contributed by atoms with E-state index in [9.17, 15) is 9.50 Å². The summed E-state index contributed by atoms with van der Waals surface area (Å²) >= 11 is 9.05. The third-order valence-corrected chi connectivity index (χ3v) is 4.87. The fourth-order valence-electron chi connectivity index (χ4n) is 2.34. The average Bonchev–Trinajstić information content (AvgIpc) is 2.36. The van der Waals surface area contributed by atoms with Crippen molar-refractivity contribution in [1.82, 2.24) is 4.90 Å². The first-order valence-electron chi connectivity index (χ1n) is 6.33. The third kappa shape index (κ3) is 3.30. The number of rotatable bonds is 5. The highest BCUT2D eigenvalue weighted by Crippen LogP contribution is 2.36. The third-order valence-electron chi connectivity index (χ3n) is 3.61. The summed E-state index contributed by atoms with van der Waals surface area (Å²) in [5, 5.41) is 10.5. The zero-order valence-corrected chi connectivity index (χ0v) is 14.0. The molecule has 0 fully saturated rings. The lowest BCUT2D eigenvalue weighted by Crippen LogP contribution is -2.48. The highest BCUT2D eigenvalue weighted by molar-refractivity contribution is 9.10. The van der Waals surface area contributed by atoms with E-state index < -0.39 is 17.5 Å². The molecule has 108 valence electrons. The molecule has 1 unspecified atom stereocenters. The zero-order valence-electron chi connectivity index (χ0n) is 11.7. The van der Waals surface area contributed by atoms with Crippen molar-refractivity contribution in [1.29, 1.82) is 0 Å². The van der Waals surface area contributed by atoms with Crippen molar-refractivity contribution in [3.8, 4) is 0 Å². The Balaban J connectivity index is 3.19. The molecule has 2 nitrogen and oxygen atoms in total. The fraction of sp³-hybridized carbons (Fsp3) is 0.571. The molecule has 1 aromatic rings. The lowest BCUT2D eigenvalue weighted by atomic mass is 9.89. The van der Waals surface area contributed by atoms with Crippen molar-refractivity contribution in [3.63, 3.8) is 0 Å². The van der Waals surface area contributed by atoms with Crippen LogP contribution in [0.5, 0.6) is 0 Å². The summed E-state index contributed by atoms with van der Waals surface area (Å²) in [6.07, 6.45) is -0.946. The maximum absolute atomic E-state index is 14.2. The van der Waals surface area contributed by atoms with Gasteiger partial charge < -0.3 is 5.11 Å². The molecule has 0 radical (unpaired) electrons. The van der Waals surface area contributed by atoms with Crippen LogP contribution < -0.4 is 0 Å². The number of halogens is 3. The molecule has 0 aliphatic rings. The van der Waals surface area contributed by atoms with Crippen LogP contribution in [0.1, 0.15) is 39.4 Å². The largest absolute Gasteiger partial charge is 0.386 e. The minimum atomic E-state index is -0.946. The van der Waals surface area contributed by atoms with Crippen LogP contribution in [-0.4, -0.2) is 28.6 Å². The van der Waals surface area contributed by atoms with Crippen molar-refractivity contribution >= 4 is 27.5 Å². The second-order valence-electron chi connectivity index (χ2n) is 4.99. The van der Waals surface area contributed by atoms with Crippen LogP contribution in [0.15, 0.2) is 16.6 Å². The van der Waals surface area contributed by atoms with Crippen LogP contribution >= 0.6 is 27.5 Å². The second-order valence-corrected chi connectivity index (χ2v) is 6.23. The molecule has 1 N–H and O–H groups in total. The van der Waals surface area contributed by atoms with Crippen LogP contribution in [0.2, 0.25) is 5.02 Å². The van der Waals surface area contributed by atoms with Crippen molar-refractivity contribution in [2.24, 2.45) is 0 Å². The van der Waals surface area contributed by atoms with Gasteiger partial charge in [-0.15, -0.1) is 0 Å². The predicted octanol–water partition coefficient (Wildman–Crippen LogP) is 4.40. The predicted molar refractivity (Wildman–Crippen MR) is 81.1 cm³/mol. The van der Waals surface area contributed by atoms with E-state index in [2.05, 4.69) is 20.8 Å². The van der Waals surface area contributed by atoms with E-state index in [1.54, 1.807) is 12.1 Å². The molecule has 1 aromatic carbocycles. The Labute approximate surface area is 127 Å². The standard InChI is InChI=1S/C14H20BrClFNO/c1-5-18(6-2)14(3,4)13(19)9-7-8-10(15)11(16)12(9)17/h7-8,13,19H,5-6H2,1-4H3. The van der Waals surface area contributed by atoms with Gasteiger partial charge in [-0.1, -0.05) is 31.5 Å². The minimum Gasteiger partial charge on any atom is -0.386 e. The van der Waals surface area contributed by atoms with Crippen LogP contribution in [-0.2, 0) is 0 Å². The molecule has 0 bridgehead atoms. The quantitative estimate of drug-likeness (QED) is 0.794. The summed E-state index contributed by atoms with van der Waals surface area (Å²) in [4.78, 5) is 2.09. The molecule has 5 heteroatoms. The van der Waals surface area contributed by atoms with Gasteiger partial charge in [-0.3, -0.25) is 4.90 Å². The number of hydrogen-bond donors (Lipinski definition) is 1. The van der Waals surface area contributed by atoms with Gasteiger partial charge in [-0.25, -0.2) is 4.39 Å². The van der Waals surface area contributed by atoms with E-state index in [4.69, 9.17) is 11.6 Å². The molecule has 0 aliphatic carbocycles. The van der Waals surface area contributed by atoms with Crippen LogP contribution in [0, 0.1) is 5.82 Å². The lowest BCUT2D eigenvalue weighted by molar-refractivity contribution is -0.00813. The van der Waals surface area contributed by atoms with E-state index in [0.29, 0.717) is 4.47 Å². The highest BCUT2D eigenvalue weighted by atomic mass is 79.9. The van der Waals surface area contributed by atoms with E-state index in [0.717, 1.165) is 13.1 Å². The van der Waals surface area contributed by atoms with Gasteiger partial charge >= 0.3 is 0 Å². The summed E-state index contributed by atoms with van der Waals surface area (Å²) in [7, 11) is 0. The van der Waals surface area contributed by atoms with Gasteiger partial charge in [0.25, 0.3) is 0 Å². The molecule has 0 heterocycles. The molecule has 0 spiro atoms. The molecule has 19 heavy (non-hydrogen) atoms. The summed E-state index contributed by atoms with van der Waals surface area (Å²) in [5.74, 6) is -0.566. The van der Waals surface area contributed by atoms with E-state index in [1.807, 2.05) is 27.7 Å². The van der Waals surface area contributed by atoms with Crippen LogP contribution in [0.25, 0.3) is 0 Å². The minimum absolute atomic E-state index is 0.00639. The summed E-state index contributed by atoms with van der Waals surface area (Å²) in [5.41, 5.74) is -0.341. The molecule has 0 saturated heterocycles. The highest BCUT2D eigenvalue weighted by Gasteiger charge is 2.35. The summed E-state index contributed by atoms with van der Waals surface area (Å²) in [6.45, 7) is 9.41. The molecule has 1 atom stereocenters. The molecule has 0 amide bonds. The maximum Gasteiger partial charge on any atom is 0.148 e. The van der Waals surface area contributed by atoms with Gasteiger partial charge in [0.1, 0.15) is 5.82 Å². The van der Waals surface area contributed by atoms with Gasteiger partial charge in [0.2, 0.25) is 0 Å². The Morgan fingerprint density at radius 1 is 1.37 bits per heavy atom. The number of nitrogens with zero attached hydrogens (tertiary/aromatic N) is 1. The molecular formula is C14H20BrClFNO. The van der Waals surface area contributed by atoms with Crippen molar-refractivity contribution in [3.05, 3.63) is 33.0 Å². The molecular weight excluding hydrogens is 333 g/mol. The smallest absolute Gasteiger partial charge is 0.148 e. The first kappa shape index (κ1) is 16.9. The Morgan fingerprint density at radius 2 is 1.89 bits per heavy atom. The van der Waals surface area contributed by atoms with E-state index >= 15 is 0 Å². The summed E-state index contributed by atoms with van der Waals surface area (Å²) < 4.78 is 14.7. The molecule has 0 aliphatic heterocycles. The normalized spacial score (nSPS) is 13.9. The number of benzene rings is 1. The Kier molecular flexibility index (Phi) is 5.80. The monoisotopic (exact) mass is 351 g/mol. The van der Waals surface area contributed by atoms with Gasteiger partial charge in [0.15, 0.2) is 0 Å². The molecule has 0 aromatic heterocycles. The van der Waals surface area contributed by atoms with E-state index in [-0.39, 0.29) is 10.6 Å². The first-order valence-corrected chi connectivity index (χ1v) is 7.50. The molecule has 0 saturated carbocycles. The van der Waals surface area contributed by atoms with Gasteiger partial charge in [-0.2, -0.15) is 0 Å². The Hall–Kier alpha value is -0.160. The number of aliphatic hydroxyl groups is 1. The fourth-order valence-corrected chi connectivity index (χ4v) is 2.82. The maximum atomic E-state index is 14.2. The van der Waals surface area contributed by atoms with Crippen LogP contribution in [0.4, 0.5) is 4.39 Å². The number of hydrogen-bond acceptors (Lipinski definition) is 2. The average molecular weight is 353 g/mol. The van der Waals surface area contributed by atoms with Gasteiger partial charge in [0, 0.05) is 15.6 Å². The topological polar surface area (TPSA) is 23.5 Å². The SMILES string of the molecule is CCN(CC)C(C)(C)C(O)c1ccc(Br)c(Cl)c1F. The Bertz CT molecular complexity index is 449. The van der Waals surface area contributed by atoms with Crippen molar-refractivity contribution in [2.75, 3.05) is 13.1 Å². The van der Waals surface area contributed by atoms with Gasteiger partial charge in [-0.05, 0) is 48.9 Å². The van der Waals surface area contributed by atoms with Crippen LogP contribution in [0.3, 0.4) is 0 Å².